The molecule has 2 aromatic carbocycles. The number of halogens is 2. The van der Waals surface area contributed by atoms with Gasteiger partial charge < -0.3 is 19.0 Å². The minimum atomic E-state index is -0.0617. The van der Waals surface area contributed by atoms with Crippen molar-refractivity contribution < 1.29 is 14.1 Å². The zero-order chi connectivity index (χ0) is 19.7. The van der Waals surface area contributed by atoms with Crippen LogP contribution in [0.25, 0.3) is 11.0 Å². The fraction of sp³-hybridized carbons (Fsp3) is 0.286. The van der Waals surface area contributed by atoms with Crippen molar-refractivity contribution in [1.29, 1.82) is 0 Å². The molecule has 0 atom stereocenters. The molecule has 0 saturated carbocycles. The average Bonchev–Trinajstić information content (AvgIpc) is 2.71. The number of hydrogen-bond donors (Lipinski definition) is 1. The maximum absolute atomic E-state index is 12.8. The molecule has 1 saturated heterocycles. The summed E-state index contributed by atoms with van der Waals surface area (Å²) in [6, 6.07) is 11.3. The summed E-state index contributed by atoms with van der Waals surface area (Å²) in [6.07, 6.45) is 1.53. The SMILES string of the molecule is COc1cccc(N2CC[NH+](Cc3coc4c(Cl)cc(Cl)cc4c3=O)CC2)c1. The maximum atomic E-state index is 12.8. The Hall–Kier alpha value is -2.21. The minimum Gasteiger partial charge on any atom is -0.497 e. The summed E-state index contributed by atoms with van der Waals surface area (Å²) >= 11 is 12.2. The quantitative estimate of drug-likeness (QED) is 0.705. The summed E-state index contributed by atoms with van der Waals surface area (Å²) in [4.78, 5) is 16.5. The molecule has 0 aliphatic carbocycles. The molecule has 5 nitrogen and oxygen atoms in total. The average molecular weight is 420 g/mol. The first-order valence-corrected chi connectivity index (χ1v) is 9.93. The van der Waals surface area contributed by atoms with Crippen LogP contribution in [0, 0.1) is 0 Å². The van der Waals surface area contributed by atoms with E-state index in [1.54, 1.807) is 19.2 Å². The number of rotatable bonds is 4. The fourth-order valence-corrected chi connectivity index (χ4v) is 4.20. The van der Waals surface area contributed by atoms with Crippen LogP contribution in [-0.4, -0.2) is 33.3 Å². The fourth-order valence-electron chi connectivity index (χ4n) is 3.66. The molecule has 2 heterocycles. The number of piperazine rings is 1. The van der Waals surface area contributed by atoms with Gasteiger partial charge in [-0.3, -0.25) is 4.79 Å². The van der Waals surface area contributed by atoms with Gasteiger partial charge in [-0.25, -0.2) is 0 Å². The molecular formula is C21H21Cl2N2O3+. The number of fused-ring (bicyclic) bond motifs is 1. The highest BCUT2D eigenvalue weighted by Crippen LogP contribution is 2.26. The Morgan fingerprint density at radius 3 is 2.71 bits per heavy atom. The first-order chi connectivity index (χ1) is 13.5. The molecule has 0 bridgehead atoms. The summed E-state index contributed by atoms with van der Waals surface area (Å²) < 4.78 is 11.0. The molecule has 1 fully saturated rings. The van der Waals surface area contributed by atoms with Crippen molar-refractivity contribution in [1.82, 2.24) is 0 Å². The van der Waals surface area contributed by atoms with Gasteiger partial charge in [0, 0.05) is 16.8 Å². The number of quaternary nitrogens is 1. The summed E-state index contributed by atoms with van der Waals surface area (Å²) in [5.74, 6) is 0.860. The van der Waals surface area contributed by atoms with E-state index in [-0.39, 0.29) is 5.43 Å². The van der Waals surface area contributed by atoms with Gasteiger partial charge in [0.05, 0.1) is 49.3 Å². The zero-order valence-corrected chi connectivity index (χ0v) is 17.0. The van der Waals surface area contributed by atoms with Crippen molar-refractivity contribution in [2.45, 2.75) is 6.54 Å². The Kier molecular flexibility index (Phi) is 5.49. The van der Waals surface area contributed by atoms with Crippen molar-refractivity contribution in [3.8, 4) is 5.75 Å². The Morgan fingerprint density at radius 1 is 1.18 bits per heavy atom. The van der Waals surface area contributed by atoms with Gasteiger partial charge in [-0.1, -0.05) is 29.3 Å². The molecular weight excluding hydrogens is 399 g/mol. The Labute approximate surface area is 173 Å². The third kappa shape index (κ3) is 3.83. The standard InChI is InChI=1S/C21H20Cl2N2O3/c1-27-17-4-2-3-16(11-17)25-7-5-24(6-8-25)12-14-13-28-21-18(20(14)26)9-15(22)10-19(21)23/h2-4,9-11,13H,5-8,12H2,1H3/p+1. The second-order valence-electron chi connectivity index (χ2n) is 6.97. The molecule has 0 spiro atoms. The zero-order valence-electron chi connectivity index (χ0n) is 15.5. The van der Waals surface area contributed by atoms with Crippen LogP contribution in [0.2, 0.25) is 10.0 Å². The van der Waals surface area contributed by atoms with E-state index in [9.17, 15) is 4.79 Å². The van der Waals surface area contributed by atoms with Crippen molar-refractivity contribution in [2.75, 3.05) is 38.2 Å². The first-order valence-electron chi connectivity index (χ1n) is 9.17. The number of hydrogen-bond acceptors (Lipinski definition) is 4. The van der Waals surface area contributed by atoms with Gasteiger partial charge in [-0.2, -0.15) is 0 Å². The smallest absolute Gasteiger partial charge is 0.201 e. The summed E-state index contributed by atoms with van der Waals surface area (Å²) in [5, 5.41) is 1.22. The van der Waals surface area contributed by atoms with E-state index in [1.165, 1.54) is 11.2 Å². The van der Waals surface area contributed by atoms with Crippen LogP contribution in [0.3, 0.4) is 0 Å². The van der Waals surface area contributed by atoms with E-state index >= 15 is 0 Å². The monoisotopic (exact) mass is 419 g/mol. The highest BCUT2D eigenvalue weighted by molar-refractivity contribution is 6.38. The molecule has 1 aliphatic rings. The molecule has 7 heteroatoms. The van der Waals surface area contributed by atoms with Gasteiger partial charge >= 0.3 is 0 Å². The predicted octanol–water partition coefficient (Wildman–Crippen LogP) is 3.01. The number of methoxy groups -OCH3 is 1. The molecule has 1 aromatic heterocycles. The molecule has 1 N–H and O–H groups in total. The Morgan fingerprint density at radius 2 is 1.96 bits per heavy atom. The van der Waals surface area contributed by atoms with Gasteiger partial charge in [0.2, 0.25) is 5.43 Å². The summed E-state index contributed by atoms with van der Waals surface area (Å²) in [7, 11) is 1.68. The van der Waals surface area contributed by atoms with Crippen molar-refractivity contribution >= 4 is 39.9 Å². The van der Waals surface area contributed by atoms with Crippen LogP contribution in [0.5, 0.6) is 5.75 Å². The molecule has 146 valence electrons. The lowest BCUT2D eigenvalue weighted by Crippen LogP contribution is -3.13. The third-order valence-corrected chi connectivity index (χ3v) is 5.69. The van der Waals surface area contributed by atoms with Gasteiger partial charge in [0.25, 0.3) is 0 Å². The van der Waals surface area contributed by atoms with E-state index in [0.717, 1.165) is 37.6 Å². The molecule has 1 aliphatic heterocycles. The largest absolute Gasteiger partial charge is 0.497 e. The van der Waals surface area contributed by atoms with Crippen molar-refractivity contribution in [2.24, 2.45) is 0 Å². The van der Waals surface area contributed by atoms with Crippen LogP contribution < -0.4 is 20.0 Å². The second-order valence-corrected chi connectivity index (χ2v) is 7.81. The van der Waals surface area contributed by atoms with E-state index < -0.39 is 0 Å². The lowest BCUT2D eigenvalue weighted by Gasteiger charge is -2.33. The summed E-state index contributed by atoms with van der Waals surface area (Å²) in [6.45, 7) is 4.32. The van der Waals surface area contributed by atoms with Gasteiger partial charge in [-0.15, -0.1) is 0 Å². The molecule has 0 amide bonds. The number of anilines is 1. The number of nitrogens with one attached hydrogen (secondary N) is 1. The molecule has 4 rings (SSSR count). The molecule has 0 radical (unpaired) electrons. The van der Waals surface area contributed by atoms with Crippen LogP contribution in [-0.2, 0) is 6.54 Å². The van der Waals surface area contributed by atoms with E-state index in [4.69, 9.17) is 32.4 Å². The highest BCUT2D eigenvalue weighted by Gasteiger charge is 2.22. The molecule has 0 unspecified atom stereocenters. The topological polar surface area (TPSA) is 47.1 Å². The van der Waals surface area contributed by atoms with Crippen LogP contribution in [0.15, 0.2) is 51.9 Å². The van der Waals surface area contributed by atoms with E-state index in [0.29, 0.717) is 33.1 Å². The Balaban J connectivity index is 1.48. The second kappa shape index (κ2) is 8.03. The van der Waals surface area contributed by atoms with Gasteiger partial charge in [0.1, 0.15) is 18.6 Å². The number of nitrogens with zero attached hydrogens (tertiary/aromatic N) is 1. The lowest BCUT2D eigenvalue weighted by atomic mass is 10.1. The Bertz CT molecular complexity index is 1060. The van der Waals surface area contributed by atoms with Crippen molar-refractivity contribution in [3.05, 3.63) is 68.5 Å². The maximum Gasteiger partial charge on any atom is 0.201 e. The minimum absolute atomic E-state index is 0.0617. The predicted molar refractivity (Wildman–Crippen MR) is 112 cm³/mol. The van der Waals surface area contributed by atoms with E-state index in [2.05, 4.69) is 17.0 Å². The highest BCUT2D eigenvalue weighted by atomic mass is 35.5. The van der Waals surface area contributed by atoms with E-state index in [1.807, 2.05) is 12.1 Å². The normalized spacial score (nSPS) is 15.2. The first kappa shape index (κ1) is 19.1. The van der Waals surface area contributed by atoms with Gasteiger partial charge in [-0.05, 0) is 24.3 Å². The molecule has 28 heavy (non-hydrogen) atoms. The van der Waals surface area contributed by atoms with Gasteiger partial charge in [0.15, 0.2) is 5.58 Å². The molecule has 3 aromatic rings. The number of benzene rings is 2. The number of ether oxygens (including phenoxy) is 1. The third-order valence-electron chi connectivity index (χ3n) is 5.19. The van der Waals surface area contributed by atoms with Crippen LogP contribution in [0.4, 0.5) is 5.69 Å². The lowest BCUT2D eigenvalue weighted by molar-refractivity contribution is -0.914. The van der Waals surface area contributed by atoms with Crippen LogP contribution >= 0.6 is 23.2 Å². The summed E-state index contributed by atoms with van der Waals surface area (Å²) in [5.41, 5.74) is 2.13. The van der Waals surface area contributed by atoms with Crippen molar-refractivity contribution in [3.63, 3.8) is 0 Å². The van der Waals surface area contributed by atoms with Crippen LogP contribution in [0.1, 0.15) is 5.56 Å².